The van der Waals surface area contributed by atoms with Crippen LogP contribution in [-0.4, -0.2) is 27.4 Å². The summed E-state index contributed by atoms with van der Waals surface area (Å²) in [5, 5.41) is 0. The topological polar surface area (TPSA) is 91.3 Å². The summed E-state index contributed by atoms with van der Waals surface area (Å²) in [5.41, 5.74) is 0. The molecule has 5 nitrogen and oxygen atoms in total. The molecule has 0 radical (unpaired) electrons. The third-order valence-corrected chi connectivity index (χ3v) is 3.79. The molecule has 0 aliphatic rings. The first-order valence-electron chi connectivity index (χ1n) is 3.72. The summed E-state index contributed by atoms with van der Waals surface area (Å²) in [4.78, 5) is -2.08. The zero-order valence-electron chi connectivity index (χ0n) is 8.55. The second-order valence-corrected chi connectivity index (χ2v) is 6.04. The first-order valence-corrected chi connectivity index (χ1v) is 6.79. The fraction of sp³-hybridized carbons (Fsp3) is 0.143. The molecular weight excluding hydrogens is 289 g/mol. The van der Waals surface area contributed by atoms with Gasteiger partial charge in [0.2, 0.25) is 9.84 Å². The molecule has 0 bridgehead atoms. The van der Waals surface area contributed by atoms with Gasteiger partial charge < -0.3 is 4.55 Å². The SMILES string of the molecule is O=S(=O)([O-])c1cc(S(=O)(=O)CF)ccc1F.[Na+]. The number of sulfone groups is 1. The minimum absolute atomic E-state index is 0. The maximum absolute atomic E-state index is 12.9. The molecular formula is C7H5F2NaO5S2. The number of hydrogen-bond donors (Lipinski definition) is 0. The largest absolute Gasteiger partial charge is 1.00 e. The summed E-state index contributed by atoms with van der Waals surface area (Å²) in [5.74, 6) is -1.38. The molecule has 10 heteroatoms. The maximum atomic E-state index is 12.9. The minimum atomic E-state index is -5.14. The van der Waals surface area contributed by atoms with Gasteiger partial charge >= 0.3 is 29.6 Å². The second kappa shape index (κ2) is 5.72. The summed E-state index contributed by atoms with van der Waals surface area (Å²) < 4.78 is 78.6. The Kier molecular flexibility index (Phi) is 5.70. The van der Waals surface area contributed by atoms with Gasteiger partial charge in [0.1, 0.15) is 15.9 Å². The summed E-state index contributed by atoms with van der Waals surface area (Å²) in [6, 6.07) is -0.310. The van der Waals surface area contributed by atoms with Gasteiger partial charge in [-0.1, -0.05) is 0 Å². The molecule has 0 fully saturated rings. The second-order valence-electron chi connectivity index (χ2n) is 2.77. The molecule has 0 unspecified atom stereocenters. The van der Waals surface area contributed by atoms with Crippen LogP contribution in [0.3, 0.4) is 0 Å². The molecule has 0 spiro atoms. The number of alkyl halides is 1. The fourth-order valence-corrected chi connectivity index (χ4v) is 2.28. The summed E-state index contributed by atoms with van der Waals surface area (Å²) >= 11 is 0. The van der Waals surface area contributed by atoms with Gasteiger partial charge in [-0.25, -0.2) is 25.6 Å². The molecule has 0 aliphatic heterocycles. The molecule has 17 heavy (non-hydrogen) atoms. The Labute approximate surface area is 119 Å². The van der Waals surface area contributed by atoms with E-state index in [1.54, 1.807) is 0 Å². The van der Waals surface area contributed by atoms with E-state index in [-0.39, 0.29) is 29.6 Å². The monoisotopic (exact) mass is 294 g/mol. The van der Waals surface area contributed by atoms with E-state index in [1.165, 1.54) is 0 Å². The number of rotatable bonds is 3. The van der Waals surface area contributed by atoms with Crippen LogP contribution in [0.5, 0.6) is 0 Å². The average molecular weight is 294 g/mol. The molecule has 0 atom stereocenters. The minimum Gasteiger partial charge on any atom is -0.744 e. The van der Waals surface area contributed by atoms with Crippen LogP contribution in [0.25, 0.3) is 0 Å². The van der Waals surface area contributed by atoms with Gasteiger partial charge in [0.15, 0.2) is 6.01 Å². The molecule has 1 aromatic rings. The van der Waals surface area contributed by atoms with E-state index in [4.69, 9.17) is 0 Å². The third kappa shape index (κ3) is 3.97. The van der Waals surface area contributed by atoms with Gasteiger partial charge in [0, 0.05) is 0 Å². The zero-order chi connectivity index (χ0) is 12.6. The molecule has 1 rings (SSSR count). The average Bonchev–Trinajstić information content (AvgIpc) is 2.16. The smallest absolute Gasteiger partial charge is 0.744 e. The van der Waals surface area contributed by atoms with Gasteiger partial charge in [0.05, 0.1) is 9.79 Å². The number of hydrogen-bond acceptors (Lipinski definition) is 5. The van der Waals surface area contributed by atoms with Crippen molar-refractivity contribution < 1.29 is 59.7 Å². The van der Waals surface area contributed by atoms with Crippen molar-refractivity contribution in [3.05, 3.63) is 24.0 Å². The van der Waals surface area contributed by atoms with Crippen LogP contribution in [0.1, 0.15) is 0 Å². The summed E-state index contributed by atoms with van der Waals surface area (Å²) in [6.07, 6.45) is 0. The van der Waals surface area contributed by atoms with Gasteiger partial charge in [-0.05, 0) is 18.2 Å². The van der Waals surface area contributed by atoms with E-state index < -0.39 is 41.6 Å². The Morgan fingerprint density at radius 2 is 1.71 bits per heavy atom. The standard InChI is InChI=1S/C7H6F2O5S2.Na/c8-4-15(10,11)5-1-2-6(9)7(3-5)16(12,13)14;/h1-3H,4H2,(H,12,13,14);/q;+1/p-1. The van der Waals surface area contributed by atoms with Crippen molar-refractivity contribution in [1.82, 2.24) is 0 Å². The Hall–Kier alpha value is -0.0600. The van der Waals surface area contributed by atoms with Crippen LogP contribution in [0.4, 0.5) is 8.78 Å². The molecule has 1 aromatic carbocycles. The van der Waals surface area contributed by atoms with Crippen molar-refractivity contribution in [3.8, 4) is 0 Å². The van der Waals surface area contributed by atoms with Gasteiger partial charge in [-0.2, -0.15) is 0 Å². The van der Waals surface area contributed by atoms with Crippen LogP contribution in [0.15, 0.2) is 28.0 Å². The zero-order valence-corrected chi connectivity index (χ0v) is 12.2. The van der Waals surface area contributed by atoms with E-state index in [0.717, 1.165) is 0 Å². The van der Waals surface area contributed by atoms with Crippen molar-refractivity contribution in [2.45, 2.75) is 9.79 Å². The molecule has 0 aromatic heterocycles. The predicted molar refractivity (Wildman–Crippen MR) is 47.5 cm³/mol. The molecule has 0 saturated heterocycles. The molecule has 90 valence electrons. The van der Waals surface area contributed by atoms with Gasteiger partial charge in [-0.15, -0.1) is 0 Å². The van der Waals surface area contributed by atoms with E-state index >= 15 is 0 Å². The Morgan fingerprint density at radius 1 is 1.18 bits per heavy atom. The van der Waals surface area contributed by atoms with Gasteiger partial charge in [0.25, 0.3) is 0 Å². The van der Waals surface area contributed by atoms with Crippen molar-refractivity contribution in [2.75, 3.05) is 6.01 Å². The summed E-state index contributed by atoms with van der Waals surface area (Å²) in [7, 11) is -9.47. The van der Waals surface area contributed by atoms with Crippen molar-refractivity contribution in [1.29, 1.82) is 0 Å². The maximum Gasteiger partial charge on any atom is 1.00 e. The van der Waals surface area contributed by atoms with Crippen LogP contribution < -0.4 is 29.6 Å². The molecule has 0 aliphatic carbocycles. The predicted octanol–water partition coefficient (Wildman–Crippen LogP) is -2.57. The van der Waals surface area contributed by atoms with E-state index in [1.807, 2.05) is 0 Å². The van der Waals surface area contributed by atoms with E-state index in [9.17, 15) is 30.2 Å². The molecule has 0 saturated carbocycles. The van der Waals surface area contributed by atoms with Crippen LogP contribution in [0.2, 0.25) is 0 Å². The number of benzene rings is 1. The van der Waals surface area contributed by atoms with Crippen LogP contribution in [-0.2, 0) is 20.0 Å². The van der Waals surface area contributed by atoms with Crippen LogP contribution >= 0.6 is 0 Å². The normalized spacial score (nSPS) is 11.9. The van der Waals surface area contributed by atoms with Gasteiger partial charge in [-0.3, -0.25) is 0 Å². The molecule has 0 amide bonds. The Bertz CT molecular complexity index is 611. The quantitative estimate of drug-likeness (QED) is 0.347. The third-order valence-electron chi connectivity index (χ3n) is 1.67. The fourth-order valence-electron chi connectivity index (χ4n) is 0.932. The van der Waals surface area contributed by atoms with Crippen molar-refractivity contribution in [3.63, 3.8) is 0 Å². The van der Waals surface area contributed by atoms with Crippen molar-refractivity contribution in [2.24, 2.45) is 0 Å². The first kappa shape index (κ1) is 16.9. The number of halogens is 2. The van der Waals surface area contributed by atoms with Crippen LogP contribution in [0, 0.1) is 5.82 Å². The molecule has 0 N–H and O–H groups in total. The Balaban J connectivity index is 0.00000256. The van der Waals surface area contributed by atoms with E-state index in [2.05, 4.69) is 0 Å². The summed E-state index contributed by atoms with van der Waals surface area (Å²) in [6.45, 7) is 0. The van der Waals surface area contributed by atoms with Crippen molar-refractivity contribution >= 4 is 20.0 Å². The first-order chi connectivity index (χ1) is 7.18. The van der Waals surface area contributed by atoms with E-state index in [0.29, 0.717) is 18.2 Å². The Morgan fingerprint density at radius 3 is 2.12 bits per heavy atom. The molecule has 0 heterocycles.